The van der Waals surface area contributed by atoms with E-state index in [0.29, 0.717) is 0 Å². The number of rotatable bonds is 3. The number of amides is 1. The largest absolute Gasteiger partial charge is 0.375 e. The van der Waals surface area contributed by atoms with Gasteiger partial charge in [0.05, 0.1) is 18.3 Å². The standard InChI is InChI=1S/C14H26N2O3/c1-11-8-13(9-12(2)19-11)18-10-14(17)16-6-3-4-15-5-7-16/h11-13,15H,3-10H2,1-2H3. The molecule has 0 aliphatic carbocycles. The van der Waals surface area contributed by atoms with Crippen molar-refractivity contribution in [2.45, 2.75) is 51.4 Å². The Balaban J connectivity index is 1.73. The molecule has 0 bridgehead atoms. The lowest BCUT2D eigenvalue weighted by Crippen LogP contribution is -2.40. The highest BCUT2D eigenvalue weighted by atomic mass is 16.5. The van der Waals surface area contributed by atoms with Gasteiger partial charge in [0.15, 0.2) is 0 Å². The molecule has 5 nitrogen and oxygen atoms in total. The van der Waals surface area contributed by atoms with Gasteiger partial charge in [-0.3, -0.25) is 4.79 Å². The maximum Gasteiger partial charge on any atom is 0.248 e. The van der Waals surface area contributed by atoms with Gasteiger partial charge in [-0.2, -0.15) is 0 Å². The Morgan fingerprint density at radius 3 is 2.74 bits per heavy atom. The van der Waals surface area contributed by atoms with Gasteiger partial charge in [0, 0.05) is 19.6 Å². The van der Waals surface area contributed by atoms with Crippen molar-refractivity contribution in [3.63, 3.8) is 0 Å². The minimum Gasteiger partial charge on any atom is -0.375 e. The Bertz CT molecular complexity index is 280. The van der Waals surface area contributed by atoms with Crippen LogP contribution < -0.4 is 5.32 Å². The average Bonchev–Trinajstić information content (AvgIpc) is 2.63. The average molecular weight is 270 g/mol. The van der Waals surface area contributed by atoms with Gasteiger partial charge >= 0.3 is 0 Å². The molecular weight excluding hydrogens is 244 g/mol. The molecule has 0 radical (unpaired) electrons. The van der Waals surface area contributed by atoms with Crippen molar-refractivity contribution >= 4 is 5.91 Å². The fourth-order valence-corrected chi connectivity index (χ4v) is 2.86. The highest BCUT2D eigenvalue weighted by molar-refractivity contribution is 5.77. The minimum atomic E-state index is 0.121. The zero-order valence-electron chi connectivity index (χ0n) is 12.1. The van der Waals surface area contributed by atoms with Crippen LogP contribution in [0.4, 0.5) is 0 Å². The van der Waals surface area contributed by atoms with E-state index in [1.54, 1.807) is 0 Å². The third-order valence-corrected chi connectivity index (χ3v) is 3.79. The minimum absolute atomic E-state index is 0.121. The molecule has 2 fully saturated rings. The lowest BCUT2D eigenvalue weighted by atomic mass is 10.0. The van der Waals surface area contributed by atoms with Crippen molar-refractivity contribution in [1.82, 2.24) is 10.2 Å². The van der Waals surface area contributed by atoms with E-state index in [1.165, 1.54) is 0 Å². The van der Waals surface area contributed by atoms with Crippen LogP contribution >= 0.6 is 0 Å². The number of nitrogens with zero attached hydrogens (tertiary/aromatic N) is 1. The molecule has 1 amide bonds. The first-order chi connectivity index (χ1) is 9.15. The van der Waals surface area contributed by atoms with Crippen LogP contribution in [0.15, 0.2) is 0 Å². The molecule has 2 saturated heterocycles. The van der Waals surface area contributed by atoms with E-state index in [-0.39, 0.29) is 30.8 Å². The Morgan fingerprint density at radius 2 is 2.00 bits per heavy atom. The Morgan fingerprint density at radius 1 is 1.26 bits per heavy atom. The smallest absolute Gasteiger partial charge is 0.248 e. The monoisotopic (exact) mass is 270 g/mol. The summed E-state index contributed by atoms with van der Waals surface area (Å²) in [7, 11) is 0. The van der Waals surface area contributed by atoms with Crippen LogP contribution in [-0.4, -0.2) is 61.9 Å². The molecular formula is C14H26N2O3. The normalized spacial score (nSPS) is 32.9. The van der Waals surface area contributed by atoms with Crippen molar-refractivity contribution < 1.29 is 14.3 Å². The fraction of sp³-hybridized carbons (Fsp3) is 0.929. The first-order valence-corrected chi connectivity index (χ1v) is 7.40. The molecule has 2 heterocycles. The maximum absolute atomic E-state index is 12.1. The molecule has 2 aliphatic rings. The molecule has 110 valence electrons. The van der Waals surface area contributed by atoms with E-state index >= 15 is 0 Å². The van der Waals surface area contributed by atoms with E-state index in [0.717, 1.165) is 45.4 Å². The third kappa shape index (κ3) is 4.75. The summed E-state index contributed by atoms with van der Waals surface area (Å²) in [5.74, 6) is 0.121. The van der Waals surface area contributed by atoms with Gasteiger partial charge in [0.1, 0.15) is 6.61 Å². The second kappa shape index (κ2) is 7.22. The second-order valence-corrected chi connectivity index (χ2v) is 5.65. The van der Waals surface area contributed by atoms with Gasteiger partial charge in [-0.05, 0) is 39.7 Å². The fourth-order valence-electron chi connectivity index (χ4n) is 2.86. The van der Waals surface area contributed by atoms with E-state index < -0.39 is 0 Å². The molecule has 1 N–H and O–H groups in total. The van der Waals surface area contributed by atoms with Crippen LogP contribution in [-0.2, 0) is 14.3 Å². The van der Waals surface area contributed by atoms with E-state index in [4.69, 9.17) is 9.47 Å². The van der Waals surface area contributed by atoms with E-state index in [9.17, 15) is 4.79 Å². The van der Waals surface area contributed by atoms with Crippen molar-refractivity contribution in [1.29, 1.82) is 0 Å². The summed E-state index contributed by atoms with van der Waals surface area (Å²) in [6.45, 7) is 7.86. The van der Waals surface area contributed by atoms with Crippen LogP contribution in [0, 0.1) is 0 Å². The quantitative estimate of drug-likeness (QED) is 0.823. The Hall–Kier alpha value is -0.650. The third-order valence-electron chi connectivity index (χ3n) is 3.79. The summed E-state index contributed by atoms with van der Waals surface area (Å²) in [6, 6.07) is 0. The van der Waals surface area contributed by atoms with Gasteiger partial charge in [-0.25, -0.2) is 0 Å². The van der Waals surface area contributed by atoms with Crippen molar-refractivity contribution in [3.05, 3.63) is 0 Å². The molecule has 0 aromatic carbocycles. The first kappa shape index (κ1) is 14.8. The first-order valence-electron chi connectivity index (χ1n) is 7.40. The van der Waals surface area contributed by atoms with Crippen molar-refractivity contribution in [3.8, 4) is 0 Å². The summed E-state index contributed by atoms with van der Waals surface area (Å²) in [6.07, 6.45) is 3.42. The molecule has 0 aromatic rings. The lowest BCUT2D eigenvalue weighted by molar-refractivity contribution is -0.145. The summed E-state index contributed by atoms with van der Waals surface area (Å²) in [5, 5.41) is 3.30. The van der Waals surface area contributed by atoms with Gasteiger partial charge in [0.2, 0.25) is 5.91 Å². The topological polar surface area (TPSA) is 50.8 Å². The van der Waals surface area contributed by atoms with Crippen LogP contribution in [0.1, 0.15) is 33.1 Å². The van der Waals surface area contributed by atoms with Crippen molar-refractivity contribution in [2.24, 2.45) is 0 Å². The summed E-state index contributed by atoms with van der Waals surface area (Å²) in [4.78, 5) is 14.0. The second-order valence-electron chi connectivity index (χ2n) is 5.65. The predicted molar refractivity (Wildman–Crippen MR) is 73.0 cm³/mol. The van der Waals surface area contributed by atoms with Gasteiger partial charge in [0.25, 0.3) is 0 Å². The molecule has 2 rings (SSSR count). The molecule has 5 heteroatoms. The lowest BCUT2D eigenvalue weighted by Gasteiger charge is -2.32. The predicted octanol–water partition coefficient (Wildman–Crippen LogP) is 0.781. The van der Waals surface area contributed by atoms with Crippen LogP contribution in [0.25, 0.3) is 0 Å². The number of nitrogens with one attached hydrogen (secondary N) is 1. The highest BCUT2D eigenvalue weighted by Gasteiger charge is 2.26. The molecule has 2 unspecified atom stereocenters. The van der Waals surface area contributed by atoms with Crippen LogP contribution in [0.3, 0.4) is 0 Å². The number of carbonyl (C=O) groups excluding carboxylic acids is 1. The summed E-state index contributed by atoms with van der Waals surface area (Å²) in [5.41, 5.74) is 0. The molecule has 0 spiro atoms. The highest BCUT2D eigenvalue weighted by Crippen LogP contribution is 2.21. The number of ether oxygens (including phenoxy) is 2. The molecule has 2 atom stereocenters. The Labute approximate surface area is 115 Å². The number of hydrogen-bond acceptors (Lipinski definition) is 4. The van der Waals surface area contributed by atoms with Gasteiger partial charge in [-0.1, -0.05) is 0 Å². The SMILES string of the molecule is CC1CC(OCC(=O)N2CCCNCC2)CC(C)O1. The zero-order valence-corrected chi connectivity index (χ0v) is 12.1. The van der Waals surface area contributed by atoms with Gasteiger partial charge in [-0.15, -0.1) is 0 Å². The molecule has 0 aromatic heterocycles. The van der Waals surface area contributed by atoms with Crippen molar-refractivity contribution in [2.75, 3.05) is 32.8 Å². The maximum atomic E-state index is 12.1. The van der Waals surface area contributed by atoms with Crippen LogP contribution in [0.5, 0.6) is 0 Å². The van der Waals surface area contributed by atoms with E-state index in [2.05, 4.69) is 19.2 Å². The summed E-state index contributed by atoms with van der Waals surface area (Å²) < 4.78 is 11.5. The van der Waals surface area contributed by atoms with E-state index in [1.807, 2.05) is 4.90 Å². The Kier molecular flexibility index (Phi) is 5.60. The summed E-state index contributed by atoms with van der Waals surface area (Å²) >= 11 is 0. The molecule has 0 saturated carbocycles. The molecule has 19 heavy (non-hydrogen) atoms. The van der Waals surface area contributed by atoms with Gasteiger partial charge < -0.3 is 19.7 Å². The number of carbonyl (C=O) groups is 1. The number of hydrogen-bond donors (Lipinski definition) is 1. The molecule has 2 aliphatic heterocycles. The zero-order chi connectivity index (χ0) is 13.7. The van der Waals surface area contributed by atoms with Crippen LogP contribution in [0.2, 0.25) is 0 Å².